The van der Waals surface area contributed by atoms with Crippen LogP contribution < -0.4 is 5.73 Å². The van der Waals surface area contributed by atoms with Crippen molar-refractivity contribution in [3.8, 4) is 0 Å². The molecule has 1 aromatic carbocycles. The predicted octanol–water partition coefficient (Wildman–Crippen LogP) is 1.54. The molecule has 0 fully saturated rings. The Morgan fingerprint density at radius 3 is 2.60 bits per heavy atom. The Morgan fingerprint density at radius 2 is 1.95 bits per heavy atom. The predicted molar refractivity (Wildman–Crippen MR) is 76.0 cm³/mol. The molecule has 2 N–H and O–H groups in total. The van der Waals surface area contributed by atoms with Crippen LogP contribution in [-0.4, -0.2) is 32.4 Å². The average molecular weight is 275 g/mol. The molecule has 0 aliphatic carbocycles. The molecule has 0 spiro atoms. The maximum Gasteiger partial charge on any atom is 0.170 e. The van der Waals surface area contributed by atoms with E-state index in [0.29, 0.717) is 19.0 Å². The number of benzene rings is 1. The lowest BCUT2D eigenvalue weighted by molar-refractivity contribution is -0.0115. The van der Waals surface area contributed by atoms with Crippen molar-refractivity contribution in [2.75, 3.05) is 6.61 Å². The molecule has 6 heteroatoms. The Kier molecular flexibility index (Phi) is 4.46. The number of nitrogens with zero attached hydrogens (tertiary/aromatic N) is 4. The van der Waals surface area contributed by atoms with Gasteiger partial charge >= 0.3 is 0 Å². The molecule has 1 unspecified atom stereocenters. The quantitative estimate of drug-likeness (QED) is 0.895. The van der Waals surface area contributed by atoms with Gasteiger partial charge in [0, 0.05) is 0 Å². The number of tetrazole rings is 1. The van der Waals surface area contributed by atoms with Crippen LogP contribution in [0.2, 0.25) is 0 Å². The number of hydrogen-bond donors (Lipinski definition) is 1. The second-order valence-corrected chi connectivity index (χ2v) is 5.71. The molecule has 0 amide bonds. The minimum Gasteiger partial charge on any atom is -0.374 e. The van der Waals surface area contributed by atoms with Crippen molar-refractivity contribution in [2.45, 2.75) is 39.0 Å². The molecule has 0 saturated heterocycles. The summed E-state index contributed by atoms with van der Waals surface area (Å²) >= 11 is 0. The first-order valence-electron chi connectivity index (χ1n) is 6.65. The molecule has 0 aliphatic rings. The SMILES string of the molecule is CC(C)(C)OCC(N)c1nnnn1Cc1ccccc1. The first-order valence-corrected chi connectivity index (χ1v) is 6.65. The summed E-state index contributed by atoms with van der Waals surface area (Å²) in [6.07, 6.45) is 0. The van der Waals surface area contributed by atoms with Crippen LogP contribution in [0.3, 0.4) is 0 Å². The van der Waals surface area contributed by atoms with Gasteiger partial charge in [0.15, 0.2) is 5.82 Å². The normalized spacial score (nSPS) is 13.4. The van der Waals surface area contributed by atoms with Gasteiger partial charge in [-0.3, -0.25) is 0 Å². The van der Waals surface area contributed by atoms with Gasteiger partial charge in [0.25, 0.3) is 0 Å². The minimum atomic E-state index is -0.340. The summed E-state index contributed by atoms with van der Waals surface area (Å²) < 4.78 is 7.40. The van der Waals surface area contributed by atoms with Crippen molar-refractivity contribution < 1.29 is 4.74 Å². The minimum absolute atomic E-state index is 0.227. The molecule has 20 heavy (non-hydrogen) atoms. The van der Waals surface area contributed by atoms with E-state index in [2.05, 4.69) is 15.5 Å². The van der Waals surface area contributed by atoms with E-state index >= 15 is 0 Å². The van der Waals surface area contributed by atoms with Crippen LogP contribution in [0.1, 0.15) is 38.2 Å². The van der Waals surface area contributed by atoms with Crippen LogP contribution in [0.5, 0.6) is 0 Å². The second-order valence-electron chi connectivity index (χ2n) is 5.71. The molecule has 1 atom stereocenters. The van der Waals surface area contributed by atoms with E-state index in [0.717, 1.165) is 5.56 Å². The van der Waals surface area contributed by atoms with Crippen LogP contribution in [0, 0.1) is 0 Å². The first-order chi connectivity index (χ1) is 9.46. The highest BCUT2D eigenvalue weighted by molar-refractivity contribution is 5.15. The van der Waals surface area contributed by atoms with Gasteiger partial charge in [-0.25, -0.2) is 4.68 Å². The summed E-state index contributed by atoms with van der Waals surface area (Å²) in [5.41, 5.74) is 7.02. The maximum atomic E-state index is 6.11. The lowest BCUT2D eigenvalue weighted by Crippen LogP contribution is -2.28. The molecule has 0 aliphatic heterocycles. The van der Waals surface area contributed by atoms with E-state index in [1.54, 1.807) is 4.68 Å². The Morgan fingerprint density at radius 1 is 1.25 bits per heavy atom. The summed E-state index contributed by atoms with van der Waals surface area (Å²) in [5.74, 6) is 0.637. The second kappa shape index (κ2) is 6.11. The topological polar surface area (TPSA) is 78.8 Å². The van der Waals surface area contributed by atoms with Crippen molar-refractivity contribution in [1.29, 1.82) is 0 Å². The average Bonchev–Trinajstić information content (AvgIpc) is 2.84. The molecule has 1 aromatic heterocycles. The number of aromatic nitrogens is 4. The molecule has 1 heterocycles. The highest BCUT2D eigenvalue weighted by atomic mass is 16.5. The van der Waals surface area contributed by atoms with Crippen molar-refractivity contribution in [3.05, 3.63) is 41.7 Å². The fourth-order valence-electron chi connectivity index (χ4n) is 1.76. The molecular formula is C14H21N5O. The third-order valence-corrected chi connectivity index (χ3v) is 2.76. The molecule has 2 rings (SSSR count). The van der Waals surface area contributed by atoms with Gasteiger partial charge in [0.05, 0.1) is 24.8 Å². The molecule has 0 saturated carbocycles. The van der Waals surface area contributed by atoms with Gasteiger partial charge in [-0.15, -0.1) is 5.10 Å². The summed E-state index contributed by atoms with van der Waals surface area (Å²) in [4.78, 5) is 0. The van der Waals surface area contributed by atoms with E-state index in [-0.39, 0.29) is 11.6 Å². The summed E-state index contributed by atoms with van der Waals surface area (Å²) in [6.45, 7) is 6.97. The van der Waals surface area contributed by atoms with Gasteiger partial charge < -0.3 is 10.5 Å². The van der Waals surface area contributed by atoms with Crippen LogP contribution in [-0.2, 0) is 11.3 Å². The van der Waals surface area contributed by atoms with Crippen LogP contribution in [0.15, 0.2) is 30.3 Å². The van der Waals surface area contributed by atoms with Gasteiger partial charge in [-0.1, -0.05) is 30.3 Å². The van der Waals surface area contributed by atoms with Crippen molar-refractivity contribution in [3.63, 3.8) is 0 Å². The Hall–Kier alpha value is -1.79. The fourth-order valence-corrected chi connectivity index (χ4v) is 1.76. The molecule has 0 radical (unpaired) electrons. The Balaban J connectivity index is 2.04. The fraction of sp³-hybridized carbons (Fsp3) is 0.500. The van der Waals surface area contributed by atoms with E-state index in [1.807, 2.05) is 51.1 Å². The van der Waals surface area contributed by atoms with Crippen LogP contribution >= 0.6 is 0 Å². The highest BCUT2D eigenvalue weighted by Crippen LogP contribution is 2.13. The smallest absolute Gasteiger partial charge is 0.170 e. The number of nitrogens with two attached hydrogens (primary N) is 1. The van der Waals surface area contributed by atoms with E-state index in [4.69, 9.17) is 10.5 Å². The van der Waals surface area contributed by atoms with Crippen LogP contribution in [0.4, 0.5) is 0 Å². The van der Waals surface area contributed by atoms with Crippen molar-refractivity contribution >= 4 is 0 Å². The van der Waals surface area contributed by atoms with E-state index < -0.39 is 0 Å². The molecule has 108 valence electrons. The number of ether oxygens (including phenoxy) is 1. The zero-order valence-corrected chi connectivity index (χ0v) is 12.2. The summed E-state index contributed by atoms with van der Waals surface area (Å²) in [6, 6.07) is 9.68. The van der Waals surface area contributed by atoms with Gasteiger partial charge in [0.1, 0.15) is 0 Å². The van der Waals surface area contributed by atoms with Gasteiger partial charge in [0.2, 0.25) is 0 Å². The van der Waals surface area contributed by atoms with Gasteiger partial charge in [-0.05, 0) is 36.8 Å². The Labute approximate surface area is 118 Å². The molecule has 0 bridgehead atoms. The van der Waals surface area contributed by atoms with E-state index in [9.17, 15) is 0 Å². The third kappa shape index (κ3) is 4.11. The summed E-state index contributed by atoms with van der Waals surface area (Å²) in [5, 5.41) is 11.7. The zero-order chi connectivity index (χ0) is 14.6. The number of rotatable bonds is 5. The standard InChI is InChI=1S/C14H21N5O/c1-14(2,3)20-10-12(15)13-16-17-18-19(13)9-11-7-5-4-6-8-11/h4-8,12H,9-10,15H2,1-3H3. The molecule has 2 aromatic rings. The summed E-state index contributed by atoms with van der Waals surface area (Å²) in [7, 11) is 0. The molecular weight excluding hydrogens is 254 g/mol. The Bertz CT molecular complexity index is 532. The molecule has 6 nitrogen and oxygen atoms in total. The lowest BCUT2D eigenvalue weighted by Gasteiger charge is -2.22. The maximum absolute atomic E-state index is 6.11. The lowest BCUT2D eigenvalue weighted by atomic mass is 10.2. The van der Waals surface area contributed by atoms with Gasteiger partial charge in [-0.2, -0.15) is 0 Å². The highest BCUT2D eigenvalue weighted by Gasteiger charge is 2.19. The first kappa shape index (κ1) is 14.6. The van der Waals surface area contributed by atoms with Crippen molar-refractivity contribution in [2.24, 2.45) is 5.73 Å². The zero-order valence-electron chi connectivity index (χ0n) is 12.2. The van der Waals surface area contributed by atoms with Crippen molar-refractivity contribution in [1.82, 2.24) is 20.2 Å². The van der Waals surface area contributed by atoms with Crippen LogP contribution in [0.25, 0.3) is 0 Å². The third-order valence-electron chi connectivity index (χ3n) is 2.76. The van der Waals surface area contributed by atoms with E-state index in [1.165, 1.54) is 0 Å². The largest absolute Gasteiger partial charge is 0.374 e. The number of hydrogen-bond acceptors (Lipinski definition) is 5. The monoisotopic (exact) mass is 275 g/mol.